The summed E-state index contributed by atoms with van der Waals surface area (Å²) in [6.07, 6.45) is 1.91. The number of allylic oxidation sites excluding steroid dienone is 1. The molecule has 1 fully saturated rings. The Morgan fingerprint density at radius 3 is 2.64 bits per heavy atom. The molecule has 1 saturated heterocycles. The number of rotatable bonds is 1. The summed E-state index contributed by atoms with van der Waals surface area (Å²) in [5.74, 6) is 0.320. The Hall–Kier alpha value is -2.51. The largest absolute Gasteiger partial charge is 0.444 e. The molecule has 2 aromatic rings. The number of halogens is 3. The van der Waals surface area contributed by atoms with Crippen molar-refractivity contribution in [1.29, 1.82) is 0 Å². The van der Waals surface area contributed by atoms with Gasteiger partial charge in [-0.15, -0.1) is 0 Å². The van der Waals surface area contributed by atoms with E-state index < -0.39 is 17.3 Å². The highest BCUT2D eigenvalue weighted by molar-refractivity contribution is 5.80. The molecule has 8 heteroatoms. The zero-order valence-electron chi connectivity index (χ0n) is 16.0. The molecule has 5 nitrogen and oxygen atoms in total. The first kappa shape index (κ1) is 18.8. The first-order valence-corrected chi connectivity index (χ1v) is 9.23. The fourth-order valence-corrected chi connectivity index (χ4v) is 4.03. The average molecular weight is 393 g/mol. The Balaban J connectivity index is 1.59. The Morgan fingerprint density at radius 2 is 2.00 bits per heavy atom. The van der Waals surface area contributed by atoms with Gasteiger partial charge in [-0.1, -0.05) is 6.08 Å². The molecule has 28 heavy (non-hydrogen) atoms. The van der Waals surface area contributed by atoms with Gasteiger partial charge in [0.1, 0.15) is 5.60 Å². The Morgan fingerprint density at radius 1 is 1.25 bits per heavy atom. The first-order valence-electron chi connectivity index (χ1n) is 9.23. The number of carbonyl (C=O) groups excluding carboxylic acids is 1. The van der Waals surface area contributed by atoms with E-state index in [1.807, 2.05) is 26.8 Å². The molecule has 2 aliphatic rings. The van der Waals surface area contributed by atoms with Crippen molar-refractivity contribution >= 4 is 17.2 Å². The maximum Gasteiger partial charge on any atom is 0.417 e. The van der Waals surface area contributed by atoms with Gasteiger partial charge in [-0.05, 0) is 50.7 Å². The van der Waals surface area contributed by atoms with Crippen LogP contribution in [0, 0.1) is 11.8 Å². The third kappa shape index (κ3) is 3.47. The van der Waals surface area contributed by atoms with Crippen molar-refractivity contribution < 1.29 is 22.7 Å². The van der Waals surface area contributed by atoms with Crippen LogP contribution in [0.3, 0.4) is 0 Å². The van der Waals surface area contributed by atoms with E-state index in [2.05, 4.69) is 4.98 Å². The second-order valence-electron chi connectivity index (χ2n) is 8.53. The molecular formula is C20H22F3N3O2. The van der Waals surface area contributed by atoms with Gasteiger partial charge < -0.3 is 14.0 Å². The van der Waals surface area contributed by atoms with Crippen LogP contribution in [0.1, 0.15) is 38.3 Å². The molecule has 2 aromatic heterocycles. The minimum absolute atomic E-state index is 0.125. The quantitative estimate of drug-likeness (QED) is 0.710. The summed E-state index contributed by atoms with van der Waals surface area (Å²) in [6.45, 7) is 6.55. The van der Waals surface area contributed by atoms with E-state index in [4.69, 9.17) is 4.74 Å². The summed E-state index contributed by atoms with van der Waals surface area (Å²) in [7, 11) is 0. The van der Waals surface area contributed by atoms with Crippen molar-refractivity contribution in [3.63, 3.8) is 0 Å². The number of alkyl halides is 3. The van der Waals surface area contributed by atoms with Gasteiger partial charge in [0.15, 0.2) is 0 Å². The number of ether oxygens (including phenoxy) is 1. The number of aromatic nitrogens is 2. The molecule has 4 rings (SSSR count). The Kier molecular flexibility index (Phi) is 4.21. The van der Waals surface area contributed by atoms with Gasteiger partial charge in [-0.3, -0.25) is 0 Å². The molecule has 0 spiro atoms. The van der Waals surface area contributed by atoms with E-state index in [9.17, 15) is 18.0 Å². The van der Waals surface area contributed by atoms with Gasteiger partial charge in [0.05, 0.1) is 23.6 Å². The van der Waals surface area contributed by atoms with Crippen LogP contribution < -0.4 is 0 Å². The van der Waals surface area contributed by atoms with Crippen molar-refractivity contribution in [2.45, 2.75) is 39.0 Å². The lowest BCUT2D eigenvalue weighted by atomic mass is 9.98. The lowest BCUT2D eigenvalue weighted by Crippen LogP contribution is -2.35. The van der Waals surface area contributed by atoms with Crippen molar-refractivity contribution in [2.75, 3.05) is 13.1 Å². The summed E-state index contributed by atoms with van der Waals surface area (Å²) >= 11 is 0. The molecule has 3 heterocycles. The number of fused-ring (bicyclic) bond motifs is 2. The smallest absolute Gasteiger partial charge is 0.417 e. The summed E-state index contributed by atoms with van der Waals surface area (Å²) < 4.78 is 46.7. The number of likely N-dealkylation sites (tertiary alicyclic amines) is 1. The highest BCUT2D eigenvalue weighted by Crippen LogP contribution is 2.43. The predicted molar refractivity (Wildman–Crippen MR) is 97.6 cm³/mol. The van der Waals surface area contributed by atoms with Crippen LogP contribution in [0.2, 0.25) is 0 Å². The molecule has 0 bridgehead atoms. The summed E-state index contributed by atoms with van der Waals surface area (Å²) in [5, 5.41) is 0. The van der Waals surface area contributed by atoms with Gasteiger partial charge in [0, 0.05) is 24.8 Å². The fraction of sp³-hybridized carbons (Fsp3) is 0.500. The molecule has 1 amide bonds. The summed E-state index contributed by atoms with van der Waals surface area (Å²) in [4.78, 5) is 18.0. The zero-order valence-corrected chi connectivity index (χ0v) is 16.0. The lowest BCUT2D eigenvalue weighted by molar-refractivity contribution is -0.137. The van der Waals surface area contributed by atoms with E-state index in [-0.39, 0.29) is 17.9 Å². The maximum atomic E-state index is 13.3. The second-order valence-corrected chi connectivity index (χ2v) is 8.53. The predicted octanol–water partition coefficient (Wildman–Crippen LogP) is 4.62. The van der Waals surface area contributed by atoms with E-state index in [1.54, 1.807) is 11.1 Å². The minimum Gasteiger partial charge on any atom is -0.444 e. The summed E-state index contributed by atoms with van der Waals surface area (Å²) in [5.41, 5.74) is 0.854. The zero-order chi connectivity index (χ0) is 20.3. The molecule has 2 atom stereocenters. The van der Waals surface area contributed by atoms with Gasteiger partial charge in [0.25, 0.3) is 0 Å². The van der Waals surface area contributed by atoms with Crippen molar-refractivity contribution in [2.24, 2.45) is 11.8 Å². The van der Waals surface area contributed by atoms with Crippen LogP contribution in [0.25, 0.3) is 11.1 Å². The van der Waals surface area contributed by atoms with E-state index >= 15 is 0 Å². The number of amides is 1. The minimum atomic E-state index is -4.42. The van der Waals surface area contributed by atoms with Gasteiger partial charge in [0.2, 0.25) is 0 Å². The third-order valence-corrected chi connectivity index (χ3v) is 5.23. The van der Waals surface area contributed by atoms with E-state index in [0.29, 0.717) is 30.6 Å². The van der Waals surface area contributed by atoms with E-state index in [1.165, 1.54) is 16.8 Å². The van der Waals surface area contributed by atoms with Crippen molar-refractivity contribution in [1.82, 2.24) is 14.3 Å². The monoisotopic (exact) mass is 393 g/mol. The molecular weight excluding hydrogens is 371 g/mol. The number of hydrogen-bond donors (Lipinski definition) is 0. The van der Waals surface area contributed by atoms with Crippen LogP contribution in [-0.2, 0) is 10.9 Å². The number of nitrogens with zero attached hydrogens (tertiary/aromatic N) is 3. The standard InChI is InChI=1S/C20H22F3N3O2/c1-19(2,3)28-18(27)25-8-13-4-12(5-14(13)9-25)16-6-15(20(21,22)23)10-26-11-24-7-17(16)26/h4,6-7,10-11,13-14H,5,8-9H2,1-3H3/t13-,14-/m1/s1. The van der Waals surface area contributed by atoms with Crippen molar-refractivity contribution in [3.05, 3.63) is 42.0 Å². The Labute approximate surface area is 160 Å². The maximum absolute atomic E-state index is 13.3. The van der Waals surface area contributed by atoms with Crippen LogP contribution >= 0.6 is 0 Å². The van der Waals surface area contributed by atoms with Gasteiger partial charge >= 0.3 is 12.3 Å². The molecule has 1 aliphatic heterocycles. The molecule has 0 N–H and O–H groups in total. The van der Waals surface area contributed by atoms with Crippen LogP contribution in [0.5, 0.6) is 0 Å². The van der Waals surface area contributed by atoms with Gasteiger partial charge in [-0.2, -0.15) is 13.2 Å². The topological polar surface area (TPSA) is 46.8 Å². The number of hydrogen-bond acceptors (Lipinski definition) is 3. The number of carbonyl (C=O) groups is 1. The lowest BCUT2D eigenvalue weighted by Gasteiger charge is -2.24. The second kappa shape index (κ2) is 6.25. The van der Waals surface area contributed by atoms with Crippen molar-refractivity contribution in [3.8, 4) is 0 Å². The van der Waals surface area contributed by atoms with Crippen LogP contribution in [-0.4, -0.2) is 39.1 Å². The average Bonchev–Trinajstić information content (AvgIpc) is 3.25. The SMILES string of the molecule is CC(C)(C)OC(=O)N1C[C@H]2CC(c3cc(C(F)(F)F)cn4cncc34)=C[C@@H]2C1. The van der Waals surface area contributed by atoms with Gasteiger partial charge in [-0.25, -0.2) is 9.78 Å². The molecule has 0 aromatic carbocycles. The van der Waals surface area contributed by atoms with E-state index in [0.717, 1.165) is 11.8 Å². The van der Waals surface area contributed by atoms with Crippen LogP contribution in [0.15, 0.2) is 30.9 Å². The number of pyridine rings is 1. The molecule has 0 unspecified atom stereocenters. The summed E-state index contributed by atoms with van der Waals surface area (Å²) in [6, 6.07) is 1.20. The van der Waals surface area contributed by atoms with Crippen LogP contribution in [0.4, 0.5) is 18.0 Å². The normalized spacial score (nSPS) is 22.5. The molecule has 150 valence electrons. The fourth-order valence-electron chi connectivity index (χ4n) is 4.03. The molecule has 0 radical (unpaired) electrons. The highest BCUT2D eigenvalue weighted by Gasteiger charge is 2.40. The number of imidazole rings is 1. The highest BCUT2D eigenvalue weighted by atomic mass is 19.4. The molecule has 0 saturated carbocycles. The Bertz CT molecular complexity index is 956. The first-order chi connectivity index (χ1) is 13.0. The molecule has 1 aliphatic carbocycles. The third-order valence-electron chi connectivity index (χ3n) is 5.23.